The molecule has 0 aliphatic heterocycles. The van der Waals surface area contributed by atoms with Crippen LogP contribution in [0, 0.1) is 18.3 Å². The molecule has 1 heterocycles. The predicted octanol–water partition coefficient (Wildman–Crippen LogP) is 5.96. The van der Waals surface area contributed by atoms with Crippen molar-refractivity contribution in [1.82, 2.24) is 15.0 Å². The van der Waals surface area contributed by atoms with E-state index in [0.29, 0.717) is 17.8 Å². The van der Waals surface area contributed by atoms with Gasteiger partial charge in [-0.25, -0.2) is 4.79 Å². The number of nitrogens with zero attached hydrogens (tertiary/aromatic N) is 5. The number of nitriles is 1. The Morgan fingerprint density at radius 2 is 1.56 bits per heavy atom. The second-order valence-corrected chi connectivity index (χ2v) is 9.62. The van der Waals surface area contributed by atoms with Gasteiger partial charge in [0.05, 0.1) is 6.61 Å². The summed E-state index contributed by atoms with van der Waals surface area (Å²) in [6.45, 7) is 4.28. The van der Waals surface area contributed by atoms with E-state index in [1.54, 1.807) is 6.92 Å². The molecule has 0 fully saturated rings. The molecule has 0 atom stereocenters. The lowest BCUT2D eigenvalue weighted by atomic mass is 9.93. The summed E-state index contributed by atoms with van der Waals surface area (Å²) in [5.74, 6) is -0.540. The van der Waals surface area contributed by atoms with E-state index < -0.39 is 5.97 Å². The van der Waals surface area contributed by atoms with E-state index in [0.717, 1.165) is 39.0 Å². The summed E-state index contributed by atoms with van der Waals surface area (Å²) in [4.78, 5) is 16.1. The number of phenolic OH excluding ortho intramolecular Hbond substituents is 1. The van der Waals surface area contributed by atoms with Crippen molar-refractivity contribution in [3.63, 3.8) is 0 Å². The summed E-state index contributed by atoms with van der Waals surface area (Å²) < 4.78 is 5.16. The third-order valence-corrected chi connectivity index (χ3v) is 6.72. The molecule has 5 rings (SSSR count). The van der Waals surface area contributed by atoms with Gasteiger partial charge in [0.1, 0.15) is 34.1 Å². The fraction of sp³-hybridized carbons (Fsp3) is 0.152. The maximum absolute atomic E-state index is 12.6. The SMILES string of the molecule is CCOC(=O)/C(C#N)=C(\c1ccccc1)c1ccc(N(C)Cc2cc(C)cc(-n3nc4ccccc4n3)c2O)cc1. The number of ether oxygens (including phenoxy) is 1. The van der Waals surface area contributed by atoms with Gasteiger partial charge in [-0.2, -0.15) is 5.26 Å². The number of esters is 1. The Morgan fingerprint density at radius 1 is 0.951 bits per heavy atom. The molecule has 0 spiro atoms. The lowest BCUT2D eigenvalue weighted by molar-refractivity contribution is -0.137. The minimum absolute atomic E-state index is 0.0451. The number of benzene rings is 4. The molecule has 41 heavy (non-hydrogen) atoms. The number of aromatic hydroxyl groups is 1. The molecule has 1 aromatic heterocycles. The van der Waals surface area contributed by atoms with Gasteiger partial charge in [0, 0.05) is 30.4 Å². The smallest absolute Gasteiger partial charge is 0.349 e. The number of hydrogen-bond donors (Lipinski definition) is 1. The molecular formula is C33H29N5O3. The van der Waals surface area contributed by atoms with Gasteiger partial charge < -0.3 is 14.7 Å². The lowest BCUT2D eigenvalue weighted by Gasteiger charge is -2.22. The number of anilines is 1. The zero-order valence-electron chi connectivity index (χ0n) is 23.1. The first kappa shape index (κ1) is 27.2. The molecule has 204 valence electrons. The largest absolute Gasteiger partial charge is 0.505 e. The fourth-order valence-electron chi connectivity index (χ4n) is 4.77. The second kappa shape index (κ2) is 11.8. The predicted molar refractivity (Wildman–Crippen MR) is 159 cm³/mol. The van der Waals surface area contributed by atoms with Crippen LogP contribution in [0.25, 0.3) is 22.3 Å². The van der Waals surface area contributed by atoms with E-state index in [1.807, 2.05) is 116 Å². The standard InChI is InChI=1S/C33H29N5O3/c1-4-41-33(40)27(20-34)31(23-10-6-5-7-11-23)24-14-16-26(17-15-24)37(3)21-25-18-22(2)19-30(32(25)39)38-35-28-12-8-9-13-29(28)36-38/h5-19,39H,4,21H2,1-3H3/b31-27+. The summed E-state index contributed by atoms with van der Waals surface area (Å²) in [5, 5.41) is 30.1. The Balaban J connectivity index is 1.45. The third-order valence-electron chi connectivity index (χ3n) is 6.72. The first-order valence-corrected chi connectivity index (χ1v) is 13.2. The number of aromatic nitrogens is 3. The minimum Gasteiger partial charge on any atom is -0.505 e. The van der Waals surface area contributed by atoms with Crippen LogP contribution in [0.3, 0.4) is 0 Å². The monoisotopic (exact) mass is 543 g/mol. The quantitative estimate of drug-likeness (QED) is 0.146. The Hall–Kier alpha value is -5.42. The van der Waals surface area contributed by atoms with E-state index in [2.05, 4.69) is 10.2 Å². The van der Waals surface area contributed by atoms with Crippen LogP contribution in [0.4, 0.5) is 5.69 Å². The highest BCUT2D eigenvalue weighted by Gasteiger charge is 2.20. The Labute approximate surface area is 238 Å². The molecule has 0 aliphatic carbocycles. The van der Waals surface area contributed by atoms with E-state index in [-0.39, 0.29) is 17.9 Å². The van der Waals surface area contributed by atoms with Crippen molar-refractivity contribution in [3.05, 3.63) is 119 Å². The molecule has 0 unspecified atom stereocenters. The summed E-state index contributed by atoms with van der Waals surface area (Å²) in [6.07, 6.45) is 0. The Bertz CT molecular complexity index is 1750. The number of carbonyl (C=O) groups excluding carboxylic acids is 1. The van der Waals surface area contributed by atoms with Crippen molar-refractivity contribution in [2.45, 2.75) is 20.4 Å². The fourth-order valence-corrected chi connectivity index (χ4v) is 4.77. The van der Waals surface area contributed by atoms with Gasteiger partial charge in [-0.1, -0.05) is 60.7 Å². The molecule has 0 bridgehead atoms. The van der Waals surface area contributed by atoms with E-state index in [1.165, 1.54) is 4.80 Å². The Kier molecular flexibility index (Phi) is 7.79. The number of aryl methyl sites for hydroxylation is 1. The number of hydrogen-bond acceptors (Lipinski definition) is 7. The first-order chi connectivity index (χ1) is 19.9. The number of carbonyl (C=O) groups is 1. The van der Waals surface area contributed by atoms with E-state index in [4.69, 9.17) is 4.74 Å². The molecular weight excluding hydrogens is 514 g/mol. The van der Waals surface area contributed by atoms with Crippen molar-refractivity contribution in [3.8, 4) is 17.5 Å². The van der Waals surface area contributed by atoms with Gasteiger partial charge in [0.25, 0.3) is 0 Å². The molecule has 1 N–H and O–H groups in total. The zero-order chi connectivity index (χ0) is 28.9. The van der Waals surface area contributed by atoms with Gasteiger partial charge in [-0.3, -0.25) is 0 Å². The van der Waals surface area contributed by atoms with Crippen molar-refractivity contribution in [1.29, 1.82) is 5.26 Å². The average molecular weight is 544 g/mol. The number of phenols is 1. The van der Waals surface area contributed by atoms with Gasteiger partial charge in [0.2, 0.25) is 0 Å². The van der Waals surface area contributed by atoms with Crippen molar-refractivity contribution >= 4 is 28.3 Å². The minimum atomic E-state index is -0.652. The zero-order valence-corrected chi connectivity index (χ0v) is 23.1. The van der Waals surface area contributed by atoms with Crippen LogP contribution in [-0.2, 0) is 16.1 Å². The van der Waals surface area contributed by atoms with Crippen molar-refractivity contribution in [2.75, 3.05) is 18.6 Å². The highest BCUT2D eigenvalue weighted by molar-refractivity contribution is 6.05. The molecule has 0 saturated carbocycles. The van der Waals surface area contributed by atoms with Crippen LogP contribution in [0.15, 0.2) is 96.6 Å². The van der Waals surface area contributed by atoms with Gasteiger partial charge >= 0.3 is 5.97 Å². The molecule has 0 amide bonds. The highest BCUT2D eigenvalue weighted by Crippen LogP contribution is 2.32. The van der Waals surface area contributed by atoms with Crippen LogP contribution >= 0.6 is 0 Å². The van der Waals surface area contributed by atoms with Gasteiger partial charge in [0.15, 0.2) is 0 Å². The van der Waals surface area contributed by atoms with Crippen molar-refractivity contribution < 1.29 is 14.6 Å². The van der Waals surface area contributed by atoms with Crippen LogP contribution in [0.2, 0.25) is 0 Å². The molecule has 0 saturated heterocycles. The van der Waals surface area contributed by atoms with Crippen LogP contribution in [0.1, 0.15) is 29.2 Å². The molecule has 5 aromatic rings. The number of fused-ring (bicyclic) bond motifs is 1. The maximum atomic E-state index is 12.6. The molecule has 8 nitrogen and oxygen atoms in total. The molecule has 0 aliphatic rings. The topological polar surface area (TPSA) is 104 Å². The number of rotatable bonds is 8. The maximum Gasteiger partial charge on any atom is 0.349 e. The summed E-state index contributed by atoms with van der Waals surface area (Å²) in [7, 11) is 1.93. The van der Waals surface area contributed by atoms with Crippen molar-refractivity contribution in [2.24, 2.45) is 0 Å². The summed E-state index contributed by atoms with van der Waals surface area (Å²) in [6, 6.07) is 30.4. The third kappa shape index (κ3) is 5.65. The normalized spacial score (nSPS) is 11.6. The van der Waals surface area contributed by atoms with E-state index in [9.17, 15) is 15.2 Å². The molecule has 0 radical (unpaired) electrons. The Morgan fingerprint density at radius 3 is 2.17 bits per heavy atom. The van der Waals surface area contributed by atoms with Crippen LogP contribution < -0.4 is 4.90 Å². The van der Waals surface area contributed by atoms with Crippen LogP contribution in [-0.4, -0.2) is 39.7 Å². The van der Waals surface area contributed by atoms with E-state index >= 15 is 0 Å². The first-order valence-electron chi connectivity index (χ1n) is 13.2. The van der Waals surface area contributed by atoms with Crippen LogP contribution in [0.5, 0.6) is 5.75 Å². The van der Waals surface area contributed by atoms with Gasteiger partial charge in [-0.15, -0.1) is 15.0 Å². The summed E-state index contributed by atoms with van der Waals surface area (Å²) >= 11 is 0. The second-order valence-electron chi connectivity index (χ2n) is 9.62. The summed E-state index contributed by atoms with van der Waals surface area (Å²) in [5.41, 5.74) is 6.53. The molecule has 4 aromatic carbocycles. The lowest BCUT2D eigenvalue weighted by Crippen LogP contribution is -2.17. The molecule has 8 heteroatoms. The van der Waals surface area contributed by atoms with Gasteiger partial charge in [-0.05, 0) is 60.9 Å². The average Bonchev–Trinajstić information content (AvgIpc) is 3.42. The highest BCUT2D eigenvalue weighted by atomic mass is 16.5.